The summed E-state index contributed by atoms with van der Waals surface area (Å²) in [6.45, 7) is 1.40. The minimum absolute atomic E-state index is 0.0823. The van der Waals surface area contributed by atoms with Gasteiger partial charge in [0, 0.05) is 10.6 Å². The van der Waals surface area contributed by atoms with Crippen molar-refractivity contribution >= 4 is 29.3 Å². The number of carboxylic acid groups (broad SMARTS) is 1. The van der Waals surface area contributed by atoms with Gasteiger partial charge in [0.1, 0.15) is 6.04 Å². The van der Waals surface area contributed by atoms with Gasteiger partial charge in [-0.2, -0.15) is 8.78 Å². The highest BCUT2D eigenvalue weighted by Crippen LogP contribution is 2.26. The van der Waals surface area contributed by atoms with Crippen LogP contribution in [0.15, 0.2) is 29.2 Å². The fourth-order valence-electron chi connectivity index (χ4n) is 1.47. The number of hydrogen-bond acceptors (Lipinski definition) is 4. The average Bonchev–Trinajstić information content (AvgIpc) is 2.39. The Balaban J connectivity index is 2.53. The third-order valence-electron chi connectivity index (χ3n) is 2.77. The van der Waals surface area contributed by atoms with Crippen molar-refractivity contribution < 1.29 is 23.5 Å². The summed E-state index contributed by atoms with van der Waals surface area (Å²) in [5, 5.41) is 11.4. The largest absolute Gasteiger partial charge is 0.480 e. The summed E-state index contributed by atoms with van der Waals surface area (Å²) in [5.41, 5.74) is 0.468. The monoisotopic (exact) mass is 318 g/mol. The van der Waals surface area contributed by atoms with Crippen LogP contribution in [0.5, 0.6) is 0 Å². The molecule has 0 spiro atoms. The summed E-state index contributed by atoms with van der Waals surface area (Å²) < 4.78 is 24.3. The first kappa shape index (κ1) is 17.4. The van der Waals surface area contributed by atoms with Crippen LogP contribution in [0.4, 0.5) is 14.5 Å². The third kappa shape index (κ3) is 6.09. The molecule has 116 valence electrons. The highest BCUT2D eigenvalue weighted by Gasteiger charge is 2.19. The number of aliphatic carboxylic acids is 1. The van der Waals surface area contributed by atoms with Gasteiger partial charge in [0.15, 0.2) is 0 Å². The van der Waals surface area contributed by atoms with Gasteiger partial charge in [-0.25, -0.2) is 0 Å². The number of alkyl halides is 2. The Morgan fingerprint density at radius 1 is 1.33 bits per heavy atom. The summed E-state index contributed by atoms with van der Waals surface area (Å²) in [7, 11) is 1.53. The number of thioether (sulfide) groups is 1. The lowest BCUT2D eigenvalue weighted by Crippen LogP contribution is -2.40. The molecule has 1 aromatic rings. The standard InChI is InChI=1S/C13H16F2N2O3S/c1-8(12(19)20)17(2)7-11(18)16-9-3-5-10(6-4-9)21-13(14)15/h3-6,8,13H,7H2,1-2H3,(H,16,18)(H,19,20). The molecule has 8 heteroatoms. The van der Waals surface area contributed by atoms with E-state index in [1.165, 1.54) is 43.1 Å². The maximum Gasteiger partial charge on any atom is 0.320 e. The quantitative estimate of drug-likeness (QED) is 0.755. The Kier molecular flexibility index (Phi) is 6.57. The number of nitrogens with one attached hydrogen (secondary N) is 1. The van der Waals surface area contributed by atoms with Crippen molar-refractivity contribution in [2.24, 2.45) is 0 Å². The predicted molar refractivity (Wildman–Crippen MR) is 76.7 cm³/mol. The van der Waals surface area contributed by atoms with Crippen molar-refractivity contribution in [2.75, 3.05) is 18.9 Å². The highest BCUT2D eigenvalue weighted by atomic mass is 32.2. The molecule has 0 fully saturated rings. The Morgan fingerprint density at radius 3 is 2.38 bits per heavy atom. The highest BCUT2D eigenvalue weighted by molar-refractivity contribution is 7.99. The molecular weight excluding hydrogens is 302 g/mol. The number of carbonyl (C=O) groups is 2. The second-order valence-electron chi connectivity index (χ2n) is 4.38. The molecule has 0 bridgehead atoms. The molecule has 0 radical (unpaired) electrons. The van der Waals surface area contributed by atoms with Crippen molar-refractivity contribution in [1.29, 1.82) is 0 Å². The van der Waals surface area contributed by atoms with Gasteiger partial charge in [0.25, 0.3) is 5.76 Å². The first-order valence-electron chi connectivity index (χ1n) is 6.07. The number of amides is 1. The molecule has 0 aromatic heterocycles. The van der Waals surface area contributed by atoms with E-state index in [4.69, 9.17) is 5.11 Å². The van der Waals surface area contributed by atoms with Gasteiger partial charge < -0.3 is 10.4 Å². The number of benzene rings is 1. The maximum atomic E-state index is 12.2. The summed E-state index contributed by atoms with van der Waals surface area (Å²) in [4.78, 5) is 24.3. The van der Waals surface area contributed by atoms with Crippen molar-refractivity contribution in [2.45, 2.75) is 23.6 Å². The number of halogens is 2. The lowest BCUT2D eigenvalue weighted by atomic mass is 10.3. The first-order valence-corrected chi connectivity index (χ1v) is 6.95. The molecule has 1 unspecified atom stereocenters. The molecule has 0 aliphatic heterocycles. The van der Waals surface area contributed by atoms with E-state index in [0.29, 0.717) is 22.3 Å². The van der Waals surface area contributed by atoms with Crippen LogP contribution in [0.25, 0.3) is 0 Å². The topological polar surface area (TPSA) is 69.6 Å². The van der Waals surface area contributed by atoms with Crippen LogP contribution < -0.4 is 5.32 Å². The molecule has 0 saturated heterocycles. The Labute approximate surface area is 125 Å². The molecule has 1 amide bonds. The summed E-state index contributed by atoms with van der Waals surface area (Å²) in [5.74, 6) is -3.88. The molecule has 0 heterocycles. The van der Waals surface area contributed by atoms with Gasteiger partial charge in [0.2, 0.25) is 5.91 Å². The van der Waals surface area contributed by atoms with E-state index in [1.807, 2.05) is 0 Å². The van der Waals surface area contributed by atoms with Crippen molar-refractivity contribution in [3.63, 3.8) is 0 Å². The Hall–Kier alpha value is -1.67. The number of rotatable bonds is 7. The molecule has 0 aliphatic rings. The maximum absolute atomic E-state index is 12.2. The van der Waals surface area contributed by atoms with Crippen LogP contribution in [-0.4, -0.2) is 47.3 Å². The Bertz CT molecular complexity index is 497. The predicted octanol–water partition coefficient (Wildman–Crippen LogP) is 2.34. The van der Waals surface area contributed by atoms with E-state index < -0.39 is 17.8 Å². The van der Waals surface area contributed by atoms with Crippen LogP contribution in [0, 0.1) is 0 Å². The van der Waals surface area contributed by atoms with Gasteiger partial charge in [-0.15, -0.1) is 0 Å². The van der Waals surface area contributed by atoms with Gasteiger partial charge in [-0.3, -0.25) is 14.5 Å². The second kappa shape index (κ2) is 7.94. The second-order valence-corrected chi connectivity index (χ2v) is 5.44. The minimum atomic E-state index is -2.49. The molecule has 0 aliphatic carbocycles. The first-order chi connectivity index (χ1) is 9.79. The van der Waals surface area contributed by atoms with E-state index in [1.54, 1.807) is 0 Å². The van der Waals surface area contributed by atoms with Crippen LogP contribution >= 0.6 is 11.8 Å². The van der Waals surface area contributed by atoms with Crippen LogP contribution in [0.1, 0.15) is 6.92 Å². The van der Waals surface area contributed by atoms with Crippen LogP contribution in [0.3, 0.4) is 0 Å². The summed E-state index contributed by atoms with van der Waals surface area (Å²) >= 11 is 0.424. The van der Waals surface area contributed by atoms with Crippen molar-refractivity contribution in [3.8, 4) is 0 Å². The molecule has 0 saturated carbocycles. The summed E-state index contributed by atoms with van der Waals surface area (Å²) in [6, 6.07) is 5.22. The van der Waals surface area contributed by atoms with Gasteiger partial charge in [-0.1, -0.05) is 11.8 Å². The SMILES string of the molecule is CC(C(=O)O)N(C)CC(=O)Nc1ccc(SC(F)F)cc1. The number of hydrogen-bond donors (Lipinski definition) is 2. The van der Waals surface area contributed by atoms with Gasteiger partial charge in [-0.05, 0) is 38.2 Å². The lowest BCUT2D eigenvalue weighted by Gasteiger charge is -2.20. The zero-order chi connectivity index (χ0) is 16.0. The van der Waals surface area contributed by atoms with E-state index in [2.05, 4.69) is 5.32 Å². The number of nitrogens with zero attached hydrogens (tertiary/aromatic N) is 1. The Morgan fingerprint density at radius 2 is 1.90 bits per heavy atom. The van der Waals surface area contributed by atoms with Crippen molar-refractivity contribution in [3.05, 3.63) is 24.3 Å². The fraction of sp³-hybridized carbons (Fsp3) is 0.385. The molecule has 2 N–H and O–H groups in total. The molecule has 21 heavy (non-hydrogen) atoms. The van der Waals surface area contributed by atoms with Gasteiger partial charge in [0.05, 0.1) is 6.54 Å². The zero-order valence-corrected chi connectivity index (χ0v) is 12.4. The minimum Gasteiger partial charge on any atom is -0.480 e. The number of carbonyl (C=O) groups excluding carboxylic acids is 1. The van der Waals surface area contributed by atoms with Crippen LogP contribution in [0.2, 0.25) is 0 Å². The molecule has 5 nitrogen and oxygen atoms in total. The van der Waals surface area contributed by atoms with Crippen molar-refractivity contribution in [1.82, 2.24) is 4.90 Å². The van der Waals surface area contributed by atoms with Gasteiger partial charge >= 0.3 is 5.97 Å². The zero-order valence-electron chi connectivity index (χ0n) is 11.5. The van der Waals surface area contributed by atoms with E-state index in [9.17, 15) is 18.4 Å². The molecule has 1 atom stereocenters. The average molecular weight is 318 g/mol. The number of likely N-dealkylation sites (N-methyl/N-ethyl adjacent to an activating group) is 1. The molecule has 1 rings (SSSR count). The van der Waals surface area contributed by atoms with E-state index in [-0.39, 0.29) is 12.5 Å². The van der Waals surface area contributed by atoms with E-state index in [0.717, 1.165) is 0 Å². The summed E-state index contributed by atoms with van der Waals surface area (Å²) in [6.07, 6.45) is 0. The normalized spacial score (nSPS) is 12.5. The molecular formula is C13H16F2N2O3S. The molecule has 1 aromatic carbocycles. The fourth-order valence-corrected chi connectivity index (χ4v) is 1.97. The van der Waals surface area contributed by atoms with Crippen LogP contribution in [-0.2, 0) is 9.59 Å². The number of anilines is 1. The third-order valence-corrected chi connectivity index (χ3v) is 3.50. The van der Waals surface area contributed by atoms with E-state index >= 15 is 0 Å². The lowest BCUT2D eigenvalue weighted by molar-refractivity contribution is -0.142. The smallest absolute Gasteiger partial charge is 0.320 e. The number of carboxylic acids is 1.